The Balaban J connectivity index is 2.44. The largest absolute Gasteiger partial charge is 0.480 e. The van der Waals surface area contributed by atoms with Crippen LogP contribution in [0.1, 0.15) is 72.1 Å². The second kappa shape index (κ2) is 9.06. The van der Waals surface area contributed by atoms with Crippen LogP contribution in [0.2, 0.25) is 0 Å². The lowest BCUT2D eigenvalue weighted by Crippen LogP contribution is -2.47. The van der Waals surface area contributed by atoms with Gasteiger partial charge in [0.25, 0.3) is 0 Å². The van der Waals surface area contributed by atoms with Gasteiger partial charge in [0.1, 0.15) is 6.04 Å². The van der Waals surface area contributed by atoms with E-state index in [1.165, 1.54) is 19.3 Å². The van der Waals surface area contributed by atoms with Crippen molar-refractivity contribution < 1.29 is 14.7 Å². The van der Waals surface area contributed by atoms with Crippen molar-refractivity contribution >= 4 is 11.9 Å². The molecule has 1 amide bonds. The Hall–Kier alpha value is -1.06. The maximum absolute atomic E-state index is 12.3. The average molecular weight is 297 g/mol. The van der Waals surface area contributed by atoms with E-state index >= 15 is 0 Å². The van der Waals surface area contributed by atoms with E-state index in [0.29, 0.717) is 0 Å². The molecule has 4 nitrogen and oxygen atoms in total. The fourth-order valence-electron chi connectivity index (χ4n) is 3.16. The summed E-state index contributed by atoms with van der Waals surface area (Å²) >= 11 is 0. The lowest BCUT2D eigenvalue weighted by molar-refractivity contribution is -0.144. The number of carbonyl (C=O) groups excluding carboxylic acids is 1. The van der Waals surface area contributed by atoms with Crippen LogP contribution in [0.3, 0.4) is 0 Å². The quantitative estimate of drug-likeness (QED) is 0.719. The van der Waals surface area contributed by atoms with E-state index in [1.54, 1.807) is 0 Å². The maximum atomic E-state index is 12.3. The molecule has 21 heavy (non-hydrogen) atoms. The minimum absolute atomic E-state index is 0.00813. The lowest BCUT2D eigenvalue weighted by Gasteiger charge is -2.29. The monoisotopic (exact) mass is 297 g/mol. The molecule has 0 aromatic heterocycles. The summed E-state index contributed by atoms with van der Waals surface area (Å²) in [4.78, 5) is 23.6. The Morgan fingerprint density at radius 1 is 1.19 bits per heavy atom. The van der Waals surface area contributed by atoms with Crippen LogP contribution >= 0.6 is 0 Å². The number of hydrogen-bond acceptors (Lipinski definition) is 2. The van der Waals surface area contributed by atoms with Gasteiger partial charge >= 0.3 is 5.97 Å². The summed E-state index contributed by atoms with van der Waals surface area (Å²) in [6.45, 7) is 6.03. The summed E-state index contributed by atoms with van der Waals surface area (Å²) in [5.41, 5.74) is 0. The summed E-state index contributed by atoms with van der Waals surface area (Å²) in [5.74, 6) is -0.245. The van der Waals surface area contributed by atoms with E-state index in [2.05, 4.69) is 12.2 Å². The summed E-state index contributed by atoms with van der Waals surface area (Å²) in [7, 11) is 0. The van der Waals surface area contributed by atoms with E-state index in [1.807, 2.05) is 13.8 Å². The zero-order valence-electron chi connectivity index (χ0n) is 13.7. The first-order chi connectivity index (χ1) is 9.99. The van der Waals surface area contributed by atoms with Crippen LogP contribution in [0.5, 0.6) is 0 Å². The number of nitrogens with one attached hydrogen (secondary N) is 1. The van der Waals surface area contributed by atoms with Gasteiger partial charge in [-0.3, -0.25) is 4.79 Å². The molecule has 0 bridgehead atoms. The van der Waals surface area contributed by atoms with Crippen molar-refractivity contribution in [1.82, 2.24) is 5.32 Å². The molecule has 0 saturated heterocycles. The SMILES string of the molecule is CCCCC1CCC(C(=O)NC(C(=O)O)C(C)CC)CC1. The van der Waals surface area contributed by atoms with Gasteiger partial charge < -0.3 is 10.4 Å². The molecule has 2 N–H and O–H groups in total. The predicted molar refractivity (Wildman–Crippen MR) is 84.0 cm³/mol. The first kappa shape index (κ1) is 18.0. The Kier molecular flexibility index (Phi) is 7.76. The van der Waals surface area contributed by atoms with Crippen molar-refractivity contribution in [3.05, 3.63) is 0 Å². The van der Waals surface area contributed by atoms with Crippen LogP contribution in [0, 0.1) is 17.8 Å². The van der Waals surface area contributed by atoms with Crippen molar-refractivity contribution in [2.24, 2.45) is 17.8 Å². The molecule has 1 aliphatic rings. The molecule has 0 aromatic carbocycles. The zero-order chi connectivity index (χ0) is 15.8. The fourth-order valence-corrected chi connectivity index (χ4v) is 3.16. The second-order valence-electron chi connectivity index (χ2n) is 6.57. The van der Waals surface area contributed by atoms with Crippen molar-refractivity contribution in [3.8, 4) is 0 Å². The molecule has 4 heteroatoms. The maximum Gasteiger partial charge on any atom is 0.326 e. The van der Waals surface area contributed by atoms with Gasteiger partial charge in [0.05, 0.1) is 0 Å². The number of amides is 1. The van der Waals surface area contributed by atoms with Gasteiger partial charge in [-0.1, -0.05) is 46.5 Å². The Bertz CT molecular complexity index is 335. The van der Waals surface area contributed by atoms with E-state index in [4.69, 9.17) is 0 Å². The molecular weight excluding hydrogens is 266 g/mol. The van der Waals surface area contributed by atoms with E-state index in [0.717, 1.165) is 38.0 Å². The molecule has 2 atom stereocenters. The fraction of sp³-hybridized carbons (Fsp3) is 0.882. The van der Waals surface area contributed by atoms with Crippen LogP contribution in [-0.4, -0.2) is 23.0 Å². The number of carboxylic acid groups (broad SMARTS) is 1. The molecule has 0 aliphatic heterocycles. The normalized spacial score (nSPS) is 25.1. The number of aliphatic carboxylic acids is 1. The van der Waals surface area contributed by atoms with Gasteiger partial charge in [0.2, 0.25) is 5.91 Å². The lowest BCUT2D eigenvalue weighted by atomic mass is 9.79. The standard InChI is InChI=1S/C17H31NO3/c1-4-6-7-13-8-10-14(11-9-13)16(19)18-15(17(20)21)12(3)5-2/h12-15H,4-11H2,1-3H3,(H,18,19)(H,20,21). The molecule has 122 valence electrons. The highest BCUT2D eigenvalue weighted by atomic mass is 16.4. The summed E-state index contributed by atoms with van der Waals surface area (Å²) in [5, 5.41) is 12.0. The average Bonchev–Trinajstić information content (AvgIpc) is 2.49. The molecule has 1 fully saturated rings. The number of carboxylic acids is 1. The van der Waals surface area contributed by atoms with Crippen molar-refractivity contribution in [3.63, 3.8) is 0 Å². The Morgan fingerprint density at radius 2 is 1.81 bits per heavy atom. The van der Waals surface area contributed by atoms with Crippen molar-refractivity contribution in [2.45, 2.75) is 78.2 Å². The zero-order valence-corrected chi connectivity index (χ0v) is 13.7. The van der Waals surface area contributed by atoms with E-state index in [-0.39, 0.29) is 17.7 Å². The van der Waals surface area contributed by atoms with Gasteiger partial charge in [0, 0.05) is 5.92 Å². The Labute approximate surface area is 128 Å². The van der Waals surface area contributed by atoms with Gasteiger partial charge in [-0.05, 0) is 37.5 Å². The van der Waals surface area contributed by atoms with Crippen molar-refractivity contribution in [1.29, 1.82) is 0 Å². The summed E-state index contributed by atoms with van der Waals surface area (Å²) in [6.07, 6.45) is 8.57. The number of unbranched alkanes of at least 4 members (excludes halogenated alkanes) is 1. The third-order valence-corrected chi connectivity index (χ3v) is 4.96. The highest BCUT2D eigenvalue weighted by Gasteiger charge is 2.31. The van der Waals surface area contributed by atoms with Crippen molar-refractivity contribution in [2.75, 3.05) is 0 Å². The molecule has 2 unspecified atom stereocenters. The number of rotatable bonds is 8. The van der Waals surface area contributed by atoms with Crippen LogP contribution < -0.4 is 5.32 Å². The second-order valence-corrected chi connectivity index (χ2v) is 6.57. The molecule has 1 aliphatic carbocycles. The minimum Gasteiger partial charge on any atom is -0.480 e. The third-order valence-electron chi connectivity index (χ3n) is 4.96. The highest BCUT2D eigenvalue weighted by molar-refractivity contribution is 5.85. The minimum atomic E-state index is -0.922. The van der Waals surface area contributed by atoms with Crippen LogP contribution in [-0.2, 0) is 9.59 Å². The van der Waals surface area contributed by atoms with Gasteiger partial charge in [-0.2, -0.15) is 0 Å². The number of carbonyl (C=O) groups is 2. The van der Waals surface area contributed by atoms with E-state index < -0.39 is 12.0 Å². The highest BCUT2D eigenvalue weighted by Crippen LogP contribution is 2.32. The van der Waals surface area contributed by atoms with Crippen LogP contribution in [0.15, 0.2) is 0 Å². The first-order valence-corrected chi connectivity index (χ1v) is 8.52. The van der Waals surface area contributed by atoms with Gasteiger partial charge in [-0.25, -0.2) is 4.79 Å². The first-order valence-electron chi connectivity index (χ1n) is 8.52. The summed E-state index contributed by atoms with van der Waals surface area (Å²) in [6, 6.07) is -0.750. The smallest absolute Gasteiger partial charge is 0.326 e. The third kappa shape index (κ3) is 5.68. The van der Waals surface area contributed by atoms with Crippen LogP contribution in [0.25, 0.3) is 0 Å². The molecule has 0 heterocycles. The molecule has 1 saturated carbocycles. The van der Waals surface area contributed by atoms with Gasteiger partial charge in [-0.15, -0.1) is 0 Å². The molecule has 1 rings (SSSR count). The molecule has 0 spiro atoms. The molecular formula is C17H31NO3. The van der Waals surface area contributed by atoms with Crippen LogP contribution in [0.4, 0.5) is 0 Å². The number of hydrogen-bond donors (Lipinski definition) is 2. The molecule has 0 aromatic rings. The topological polar surface area (TPSA) is 66.4 Å². The predicted octanol–water partition coefficient (Wildman–Crippen LogP) is 3.60. The van der Waals surface area contributed by atoms with E-state index in [9.17, 15) is 14.7 Å². The Morgan fingerprint density at radius 3 is 2.29 bits per heavy atom. The summed E-state index contributed by atoms with van der Waals surface area (Å²) < 4.78 is 0. The molecule has 0 radical (unpaired) electrons. The van der Waals surface area contributed by atoms with Gasteiger partial charge in [0.15, 0.2) is 0 Å².